The summed E-state index contributed by atoms with van der Waals surface area (Å²) in [5.41, 5.74) is 3.78. The lowest BCUT2D eigenvalue weighted by atomic mass is 10.1. The molecule has 0 heterocycles. The van der Waals surface area contributed by atoms with Crippen LogP contribution in [0.4, 0.5) is 14.5 Å². The van der Waals surface area contributed by atoms with E-state index in [1.807, 2.05) is 32.0 Å². The van der Waals surface area contributed by atoms with Gasteiger partial charge >= 0.3 is 0 Å². The summed E-state index contributed by atoms with van der Waals surface area (Å²) in [5, 5.41) is 3.13. The van der Waals surface area contributed by atoms with Gasteiger partial charge in [-0.25, -0.2) is 8.78 Å². The summed E-state index contributed by atoms with van der Waals surface area (Å²) in [4.78, 5) is 0. The summed E-state index contributed by atoms with van der Waals surface area (Å²) in [6.07, 6.45) is 0. The van der Waals surface area contributed by atoms with E-state index in [1.165, 1.54) is 23.3 Å². The third kappa shape index (κ3) is 2.86. The molecule has 0 atom stereocenters. The van der Waals surface area contributed by atoms with Crippen molar-refractivity contribution in [2.75, 3.05) is 5.32 Å². The van der Waals surface area contributed by atoms with Gasteiger partial charge in [0.2, 0.25) is 0 Å². The van der Waals surface area contributed by atoms with E-state index < -0.39 is 11.6 Å². The van der Waals surface area contributed by atoms with Crippen molar-refractivity contribution in [1.82, 2.24) is 0 Å². The van der Waals surface area contributed by atoms with Crippen molar-refractivity contribution in [1.29, 1.82) is 0 Å². The molecule has 0 unspecified atom stereocenters. The Kier molecular flexibility index (Phi) is 3.60. The highest BCUT2D eigenvalue weighted by molar-refractivity contribution is 5.48. The quantitative estimate of drug-likeness (QED) is 0.857. The first kappa shape index (κ1) is 12.6. The maximum Gasteiger partial charge on any atom is 0.131 e. The zero-order valence-corrected chi connectivity index (χ0v) is 10.4. The largest absolute Gasteiger partial charge is 0.381 e. The summed E-state index contributed by atoms with van der Waals surface area (Å²) >= 11 is 0. The van der Waals surface area contributed by atoms with Crippen LogP contribution in [0.2, 0.25) is 0 Å². The summed E-state index contributed by atoms with van der Waals surface area (Å²) < 4.78 is 26.2. The number of halogens is 2. The third-order valence-corrected chi connectivity index (χ3v) is 3.00. The van der Waals surface area contributed by atoms with Crippen LogP contribution in [0.1, 0.15) is 16.7 Å². The van der Waals surface area contributed by atoms with Gasteiger partial charge in [0.05, 0.1) is 0 Å². The van der Waals surface area contributed by atoms with Crippen LogP contribution in [0.3, 0.4) is 0 Å². The highest BCUT2D eigenvalue weighted by Crippen LogP contribution is 2.16. The standard InChI is InChI=1S/C15H15F2N/c1-10-3-6-14(7-11(10)2)18-9-12-4-5-13(16)8-15(12)17/h3-8,18H,9H2,1-2H3. The SMILES string of the molecule is Cc1ccc(NCc2ccc(F)cc2F)cc1C. The fraction of sp³-hybridized carbons (Fsp3) is 0.200. The lowest BCUT2D eigenvalue weighted by Gasteiger charge is -2.09. The van der Waals surface area contributed by atoms with Crippen LogP contribution in [-0.4, -0.2) is 0 Å². The molecule has 2 rings (SSSR count). The highest BCUT2D eigenvalue weighted by Gasteiger charge is 2.03. The molecule has 0 bridgehead atoms. The van der Waals surface area contributed by atoms with Crippen molar-refractivity contribution >= 4 is 5.69 Å². The van der Waals surface area contributed by atoms with Crippen molar-refractivity contribution in [2.45, 2.75) is 20.4 Å². The number of benzene rings is 2. The molecular formula is C15H15F2N. The molecule has 0 spiro atoms. The Morgan fingerprint density at radius 1 is 0.944 bits per heavy atom. The average Bonchev–Trinajstić information content (AvgIpc) is 2.32. The first-order chi connectivity index (χ1) is 8.56. The molecule has 0 amide bonds. The van der Waals surface area contributed by atoms with Crippen LogP contribution in [0.15, 0.2) is 36.4 Å². The predicted molar refractivity (Wildman–Crippen MR) is 69.6 cm³/mol. The zero-order chi connectivity index (χ0) is 13.1. The Bertz CT molecular complexity index is 564. The van der Waals surface area contributed by atoms with Gasteiger partial charge in [0.25, 0.3) is 0 Å². The molecule has 0 aliphatic heterocycles. The fourth-order valence-electron chi connectivity index (χ4n) is 1.71. The molecule has 3 heteroatoms. The van der Waals surface area contributed by atoms with Crippen LogP contribution in [0.5, 0.6) is 0 Å². The number of hydrogen-bond donors (Lipinski definition) is 1. The zero-order valence-electron chi connectivity index (χ0n) is 10.4. The third-order valence-electron chi connectivity index (χ3n) is 3.00. The van der Waals surface area contributed by atoms with Crippen LogP contribution in [-0.2, 0) is 6.54 Å². The molecule has 18 heavy (non-hydrogen) atoms. The first-order valence-corrected chi connectivity index (χ1v) is 5.81. The fourth-order valence-corrected chi connectivity index (χ4v) is 1.71. The van der Waals surface area contributed by atoms with Gasteiger partial charge in [-0.15, -0.1) is 0 Å². The van der Waals surface area contributed by atoms with E-state index in [-0.39, 0.29) is 0 Å². The molecular weight excluding hydrogens is 232 g/mol. The summed E-state index contributed by atoms with van der Waals surface area (Å²) in [6.45, 7) is 4.41. The minimum atomic E-state index is -0.553. The minimum Gasteiger partial charge on any atom is -0.381 e. The minimum absolute atomic E-state index is 0.342. The number of nitrogens with one attached hydrogen (secondary N) is 1. The first-order valence-electron chi connectivity index (χ1n) is 5.81. The van der Waals surface area contributed by atoms with Crippen molar-refractivity contribution in [3.8, 4) is 0 Å². The van der Waals surface area contributed by atoms with Gasteiger partial charge in [0.1, 0.15) is 11.6 Å². The van der Waals surface area contributed by atoms with Gasteiger partial charge < -0.3 is 5.32 Å². The summed E-state index contributed by atoms with van der Waals surface area (Å²) in [7, 11) is 0. The normalized spacial score (nSPS) is 10.4. The Morgan fingerprint density at radius 2 is 1.72 bits per heavy atom. The number of hydrogen-bond acceptors (Lipinski definition) is 1. The lowest BCUT2D eigenvalue weighted by molar-refractivity contribution is 0.574. The van der Waals surface area contributed by atoms with E-state index in [9.17, 15) is 8.78 Å². The Morgan fingerprint density at radius 3 is 2.39 bits per heavy atom. The van der Waals surface area contributed by atoms with E-state index in [0.717, 1.165) is 11.8 Å². The molecule has 1 N–H and O–H groups in total. The van der Waals surface area contributed by atoms with Crippen molar-refractivity contribution in [3.05, 3.63) is 64.7 Å². The van der Waals surface area contributed by atoms with E-state index in [1.54, 1.807) is 0 Å². The summed E-state index contributed by atoms with van der Waals surface area (Å²) in [6, 6.07) is 9.59. The maximum atomic E-state index is 13.4. The molecule has 2 aromatic carbocycles. The molecule has 0 saturated heterocycles. The molecule has 0 fully saturated rings. The molecule has 0 aromatic heterocycles. The Balaban J connectivity index is 2.09. The van der Waals surface area contributed by atoms with E-state index in [0.29, 0.717) is 12.1 Å². The smallest absolute Gasteiger partial charge is 0.131 e. The predicted octanol–water partition coefficient (Wildman–Crippen LogP) is 4.19. The average molecular weight is 247 g/mol. The van der Waals surface area contributed by atoms with Crippen molar-refractivity contribution in [2.24, 2.45) is 0 Å². The molecule has 0 aliphatic carbocycles. The number of aryl methyl sites for hydroxylation is 2. The van der Waals surface area contributed by atoms with Crippen molar-refractivity contribution in [3.63, 3.8) is 0 Å². The molecule has 1 nitrogen and oxygen atoms in total. The van der Waals surface area contributed by atoms with Crippen LogP contribution >= 0.6 is 0 Å². The van der Waals surface area contributed by atoms with E-state index in [2.05, 4.69) is 5.32 Å². The molecule has 0 aliphatic rings. The summed E-state index contributed by atoms with van der Waals surface area (Å²) in [5.74, 6) is -1.08. The second-order valence-corrected chi connectivity index (χ2v) is 4.39. The van der Waals surface area contributed by atoms with Gasteiger partial charge in [-0.1, -0.05) is 12.1 Å². The van der Waals surface area contributed by atoms with Gasteiger partial charge in [0.15, 0.2) is 0 Å². The molecule has 2 aromatic rings. The molecule has 0 radical (unpaired) electrons. The van der Waals surface area contributed by atoms with Crippen LogP contribution in [0, 0.1) is 25.5 Å². The topological polar surface area (TPSA) is 12.0 Å². The molecule has 0 saturated carbocycles. The monoisotopic (exact) mass is 247 g/mol. The Labute approximate surface area is 105 Å². The molecule has 94 valence electrons. The van der Waals surface area contributed by atoms with Gasteiger partial charge in [-0.2, -0.15) is 0 Å². The van der Waals surface area contributed by atoms with Gasteiger partial charge in [-0.3, -0.25) is 0 Å². The second-order valence-electron chi connectivity index (χ2n) is 4.39. The highest BCUT2D eigenvalue weighted by atomic mass is 19.1. The number of anilines is 1. The number of rotatable bonds is 3. The lowest BCUT2D eigenvalue weighted by Crippen LogP contribution is -2.02. The van der Waals surface area contributed by atoms with Gasteiger partial charge in [-0.05, 0) is 43.2 Å². The van der Waals surface area contributed by atoms with Crippen LogP contribution < -0.4 is 5.32 Å². The second kappa shape index (κ2) is 5.17. The van der Waals surface area contributed by atoms with Crippen molar-refractivity contribution < 1.29 is 8.78 Å². The maximum absolute atomic E-state index is 13.4. The van der Waals surface area contributed by atoms with Crippen LogP contribution in [0.25, 0.3) is 0 Å². The van der Waals surface area contributed by atoms with Gasteiger partial charge in [0, 0.05) is 23.9 Å². The van der Waals surface area contributed by atoms with E-state index in [4.69, 9.17) is 0 Å². The van der Waals surface area contributed by atoms with E-state index >= 15 is 0 Å². The Hall–Kier alpha value is -1.90.